The zero-order valence-electron chi connectivity index (χ0n) is 20.6. The minimum atomic E-state index is -3.80. The molecule has 2 aliphatic heterocycles. The minimum Gasteiger partial charge on any atom is -0.493 e. The number of anilines is 1. The van der Waals surface area contributed by atoms with Gasteiger partial charge in [0.15, 0.2) is 0 Å². The lowest BCUT2D eigenvalue weighted by molar-refractivity contribution is 0.0494. The fourth-order valence-electron chi connectivity index (χ4n) is 5.65. The standard InChI is InChI=1S/C28H37NO5S/c1-2-20-6-9-27-23(16-20)7-10-26(22-4-3-5-22)29(27)35(31,32)25-8-11-28(24(17-25)18-30)34-19-21-12-14-33-15-13-21/h6,8-9,11,16-17,21-22,26,30H,2-5,7,10,12-15,18-19H2,1H3. The Morgan fingerprint density at radius 2 is 1.86 bits per heavy atom. The maximum atomic E-state index is 14.1. The Bertz CT molecular complexity index is 1140. The summed E-state index contributed by atoms with van der Waals surface area (Å²) < 4.78 is 41.4. The number of hydrogen-bond donors (Lipinski definition) is 1. The number of nitrogens with zero attached hydrogens (tertiary/aromatic N) is 1. The predicted octanol–water partition coefficient (Wildman–Crippen LogP) is 4.86. The summed E-state index contributed by atoms with van der Waals surface area (Å²) in [6.45, 7) is 3.90. The fourth-order valence-corrected chi connectivity index (χ4v) is 7.48. The van der Waals surface area contributed by atoms with E-state index in [2.05, 4.69) is 19.1 Å². The smallest absolute Gasteiger partial charge is 0.264 e. The fraction of sp³-hybridized carbons (Fsp3) is 0.571. The van der Waals surface area contributed by atoms with E-state index in [4.69, 9.17) is 9.47 Å². The highest BCUT2D eigenvalue weighted by atomic mass is 32.2. The van der Waals surface area contributed by atoms with Crippen LogP contribution in [0.1, 0.15) is 62.1 Å². The van der Waals surface area contributed by atoms with Gasteiger partial charge in [0.1, 0.15) is 5.75 Å². The van der Waals surface area contributed by atoms with Crippen LogP contribution in [0.2, 0.25) is 0 Å². The van der Waals surface area contributed by atoms with Crippen molar-refractivity contribution in [3.8, 4) is 5.75 Å². The lowest BCUT2D eigenvalue weighted by Gasteiger charge is -2.45. The van der Waals surface area contributed by atoms with E-state index < -0.39 is 10.0 Å². The lowest BCUT2D eigenvalue weighted by atomic mass is 9.76. The van der Waals surface area contributed by atoms with Crippen LogP contribution in [0.15, 0.2) is 41.3 Å². The molecule has 2 aromatic carbocycles. The summed E-state index contributed by atoms with van der Waals surface area (Å²) in [5.41, 5.74) is 3.67. The molecule has 6 nitrogen and oxygen atoms in total. The largest absolute Gasteiger partial charge is 0.493 e. The van der Waals surface area contributed by atoms with Gasteiger partial charge in [0.05, 0.1) is 23.8 Å². The number of aryl methyl sites for hydroxylation is 2. The SMILES string of the molecule is CCc1ccc2c(c1)CCC(C1CCC1)N2S(=O)(=O)c1ccc(OCC2CCOCC2)c(CO)c1. The van der Waals surface area contributed by atoms with Gasteiger partial charge in [0.25, 0.3) is 10.0 Å². The first-order valence-corrected chi connectivity index (χ1v) is 14.6. The molecule has 1 atom stereocenters. The Morgan fingerprint density at radius 1 is 1.06 bits per heavy atom. The molecule has 2 fully saturated rings. The summed E-state index contributed by atoms with van der Waals surface area (Å²) in [6, 6.07) is 11.1. The van der Waals surface area contributed by atoms with E-state index in [-0.39, 0.29) is 17.5 Å². The molecule has 1 N–H and O–H groups in total. The molecule has 2 heterocycles. The van der Waals surface area contributed by atoms with Crippen molar-refractivity contribution in [3.63, 3.8) is 0 Å². The third kappa shape index (κ3) is 4.95. The molecule has 0 aromatic heterocycles. The maximum absolute atomic E-state index is 14.1. The second-order valence-corrected chi connectivity index (χ2v) is 12.0. The molecule has 0 amide bonds. The van der Waals surface area contributed by atoms with Crippen molar-refractivity contribution in [2.75, 3.05) is 24.1 Å². The van der Waals surface area contributed by atoms with Crippen molar-refractivity contribution >= 4 is 15.7 Å². The van der Waals surface area contributed by atoms with Gasteiger partial charge in [-0.25, -0.2) is 8.42 Å². The van der Waals surface area contributed by atoms with E-state index in [1.165, 1.54) is 12.0 Å². The average molecular weight is 500 g/mol. The van der Waals surface area contributed by atoms with Crippen LogP contribution in [0.3, 0.4) is 0 Å². The Labute approximate surface area is 209 Å². The van der Waals surface area contributed by atoms with Crippen molar-refractivity contribution < 1.29 is 23.0 Å². The second-order valence-electron chi connectivity index (χ2n) is 10.2. The third-order valence-electron chi connectivity index (χ3n) is 8.07. The van der Waals surface area contributed by atoms with E-state index in [1.807, 2.05) is 6.07 Å². The van der Waals surface area contributed by atoms with E-state index in [9.17, 15) is 13.5 Å². The summed E-state index contributed by atoms with van der Waals surface area (Å²) in [5.74, 6) is 1.38. The number of fused-ring (bicyclic) bond motifs is 1. The predicted molar refractivity (Wildman–Crippen MR) is 136 cm³/mol. The van der Waals surface area contributed by atoms with Gasteiger partial charge in [-0.2, -0.15) is 0 Å². The van der Waals surface area contributed by atoms with Gasteiger partial charge in [-0.15, -0.1) is 0 Å². The number of rotatable bonds is 8. The van der Waals surface area contributed by atoms with Gasteiger partial charge in [-0.3, -0.25) is 4.31 Å². The molecule has 5 rings (SSSR count). The molecule has 35 heavy (non-hydrogen) atoms. The quantitative estimate of drug-likeness (QED) is 0.562. The van der Waals surface area contributed by atoms with Gasteiger partial charge in [-0.1, -0.05) is 25.5 Å². The van der Waals surface area contributed by atoms with E-state index in [0.29, 0.717) is 29.8 Å². The summed E-state index contributed by atoms with van der Waals surface area (Å²) in [4.78, 5) is 0.219. The monoisotopic (exact) mass is 499 g/mol. The topological polar surface area (TPSA) is 76.1 Å². The number of ether oxygens (including phenoxy) is 2. The van der Waals surface area contributed by atoms with E-state index in [0.717, 1.165) is 69.4 Å². The van der Waals surface area contributed by atoms with Crippen molar-refractivity contribution in [3.05, 3.63) is 53.1 Å². The first-order chi connectivity index (χ1) is 17.0. The normalized spacial score (nSPS) is 21.4. The Balaban J connectivity index is 1.45. The highest BCUT2D eigenvalue weighted by molar-refractivity contribution is 7.92. The van der Waals surface area contributed by atoms with Gasteiger partial charge >= 0.3 is 0 Å². The van der Waals surface area contributed by atoms with Gasteiger partial charge in [-0.05, 0) is 92.2 Å². The van der Waals surface area contributed by atoms with Crippen molar-refractivity contribution in [1.29, 1.82) is 0 Å². The van der Waals surface area contributed by atoms with E-state index in [1.54, 1.807) is 22.5 Å². The molecule has 0 bridgehead atoms. The van der Waals surface area contributed by atoms with Crippen LogP contribution in [0.25, 0.3) is 0 Å². The molecule has 1 saturated heterocycles. The molecule has 1 aliphatic carbocycles. The molecule has 0 radical (unpaired) electrons. The molecule has 3 aliphatic rings. The maximum Gasteiger partial charge on any atom is 0.264 e. The Hall–Kier alpha value is -2.09. The zero-order valence-corrected chi connectivity index (χ0v) is 21.4. The summed E-state index contributed by atoms with van der Waals surface area (Å²) in [6.07, 6.45) is 7.95. The van der Waals surface area contributed by atoms with E-state index >= 15 is 0 Å². The number of sulfonamides is 1. The molecular formula is C28H37NO5S. The Kier molecular flexibility index (Phi) is 7.37. The van der Waals surface area contributed by atoms with Crippen molar-refractivity contribution in [2.45, 2.75) is 75.8 Å². The summed E-state index contributed by atoms with van der Waals surface area (Å²) >= 11 is 0. The number of aliphatic hydroxyl groups is 1. The van der Waals surface area contributed by atoms with Crippen LogP contribution in [0.5, 0.6) is 5.75 Å². The van der Waals surface area contributed by atoms with Gasteiger partial charge in [0.2, 0.25) is 0 Å². The van der Waals surface area contributed by atoms with Gasteiger partial charge in [0, 0.05) is 24.8 Å². The van der Waals surface area contributed by atoms with Crippen LogP contribution in [-0.2, 0) is 34.2 Å². The molecule has 0 spiro atoms. The number of aliphatic hydroxyl groups excluding tert-OH is 1. The van der Waals surface area contributed by atoms with Crippen LogP contribution < -0.4 is 9.04 Å². The van der Waals surface area contributed by atoms with Crippen LogP contribution in [0.4, 0.5) is 5.69 Å². The van der Waals surface area contributed by atoms with Crippen LogP contribution in [0, 0.1) is 11.8 Å². The molecule has 1 unspecified atom stereocenters. The molecule has 7 heteroatoms. The highest BCUT2D eigenvalue weighted by Gasteiger charge is 2.41. The molecular weight excluding hydrogens is 462 g/mol. The average Bonchev–Trinajstić information content (AvgIpc) is 2.86. The van der Waals surface area contributed by atoms with Gasteiger partial charge < -0.3 is 14.6 Å². The number of benzene rings is 2. The van der Waals surface area contributed by atoms with Crippen molar-refractivity contribution in [1.82, 2.24) is 0 Å². The number of hydrogen-bond acceptors (Lipinski definition) is 5. The first kappa shape index (κ1) is 24.6. The van der Waals surface area contributed by atoms with Crippen LogP contribution >= 0.6 is 0 Å². The Morgan fingerprint density at radius 3 is 2.54 bits per heavy atom. The molecule has 190 valence electrons. The second kappa shape index (κ2) is 10.5. The first-order valence-electron chi connectivity index (χ1n) is 13.1. The zero-order chi connectivity index (χ0) is 24.4. The van der Waals surface area contributed by atoms with Crippen LogP contribution in [-0.4, -0.2) is 39.4 Å². The van der Waals surface area contributed by atoms with Crippen molar-refractivity contribution in [2.24, 2.45) is 11.8 Å². The molecule has 2 aromatic rings. The molecule has 1 saturated carbocycles. The highest BCUT2D eigenvalue weighted by Crippen LogP contribution is 2.44. The minimum absolute atomic E-state index is 0.0178. The third-order valence-corrected chi connectivity index (χ3v) is 9.90. The lowest BCUT2D eigenvalue weighted by Crippen LogP contribution is -2.49. The summed E-state index contributed by atoms with van der Waals surface area (Å²) in [7, 11) is -3.80. The summed E-state index contributed by atoms with van der Waals surface area (Å²) in [5, 5.41) is 10.1.